The fraction of sp³-hybridized carbons (Fsp3) is 1.00. The highest BCUT2D eigenvalue weighted by Crippen LogP contribution is 2.44. The molecule has 1 N–H and O–H groups in total. The molecule has 0 heterocycles. The number of hydrogen-bond donors (Lipinski definition) is 1. The maximum absolute atomic E-state index is 3.96. The van der Waals surface area contributed by atoms with E-state index in [9.17, 15) is 0 Å². The van der Waals surface area contributed by atoms with Crippen molar-refractivity contribution in [3.05, 3.63) is 0 Å². The second-order valence-corrected chi connectivity index (χ2v) is 7.54. The van der Waals surface area contributed by atoms with E-state index >= 15 is 0 Å². The summed E-state index contributed by atoms with van der Waals surface area (Å²) in [4.78, 5) is 2.80. The van der Waals surface area contributed by atoms with E-state index in [2.05, 4.69) is 37.9 Å². The predicted octanol–water partition coefficient (Wildman–Crippen LogP) is 4.45. The van der Waals surface area contributed by atoms with Crippen LogP contribution in [0.4, 0.5) is 0 Å². The number of hydrogen-bond acceptors (Lipinski definition) is 2. The summed E-state index contributed by atoms with van der Waals surface area (Å²) in [6.45, 7) is 13.0. The summed E-state index contributed by atoms with van der Waals surface area (Å²) in [5.41, 5.74) is 0.449. The molecule has 2 saturated carbocycles. The minimum Gasteiger partial charge on any atom is -0.312 e. The molecule has 1 unspecified atom stereocenters. The first-order valence-electron chi connectivity index (χ1n) is 9.66. The molecule has 2 aliphatic rings. The first kappa shape index (κ1) is 17.3. The van der Waals surface area contributed by atoms with Gasteiger partial charge in [0.25, 0.3) is 0 Å². The Balaban J connectivity index is 2.20. The molecular weight excluding hydrogens is 256 g/mol. The van der Waals surface area contributed by atoms with Crippen LogP contribution in [0.5, 0.6) is 0 Å². The maximum atomic E-state index is 3.96. The molecule has 0 radical (unpaired) electrons. The molecule has 0 spiro atoms. The van der Waals surface area contributed by atoms with Crippen molar-refractivity contribution in [1.82, 2.24) is 10.2 Å². The normalized spacial score (nSPS) is 30.7. The molecule has 2 nitrogen and oxygen atoms in total. The van der Waals surface area contributed by atoms with Gasteiger partial charge in [-0.1, -0.05) is 53.4 Å². The van der Waals surface area contributed by atoms with E-state index in [4.69, 9.17) is 0 Å². The lowest BCUT2D eigenvalue weighted by molar-refractivity contribution is 0.0277. The Labute approximate surface area is 133 Å². The van der Waals surface area contributed by atoms with Crippen LogP contribution < -0.4 is 5.32 Å². The number of likely N-dealkylation sites (N-methyl/N-ethyl adjacent to an activating group) is 2. The third-order valence-corrected chi connectivity index (χ3v) is 6.40. The average molecular weight is 295 g/mol. The Bertz CT molecular complexity index is 284. The van der Waals surface area contributed by atoms with Gasteiger partial charge in [-0.25, -0.2) is 0 Å². The van der Waals surface area contributed by atoms with Crippen molar-refractivity contribution in [3.8, 4) is 0 Å². The predicted molar refractivity (Wildman–Crippen MR) is 92.7 cm³/mol. The quantitative estimate of drug-likeness (QED) is 0.746. The lowest BCUT2D eigenvalue weighted by Crippen LogP contribution is -2.62. The first-order chi connectivity index (χ1) is 10.2. The summed E-state index contributed by atoms with van der Waals surface area (Å²) >= 11 is 0. The van der Waals surface area contributed by atoms with Crippen LogP contribution >= 0.6 is 0 Å². The highest BCUT2D eigenvalue weighted by atomic mass is 15.2. The van der Waals surface area contributed by atoms with Gasteiger partial charge in [-0.3, -0.25) is 4.90 Å². The molecule has 21 heavy (non-hydrogen) atoms. The van der Waals surface area contributed by atoms with Crippen LogP contribution in [0.25, 0.3) is 0 Å². The minimum absolute atomic E-state index is 0.449. The summed E-state index contributed by atoms with van der Waals surface area (Å²) < 4.78 is 0. The van der Waals surface area contributed by atoms with E-state index < -0.39 is 0 Å². The van der Waals surface area contributed by atoms with Crippen LogP contribution in [-0.2, 0) is 0 Å². The number of rotatable bonds is 7. The van der Waals surface area contributed by atoms with Gasteiger partial charge in [0.2, 0.25) is 0 Å². The molecule has 2 heteroatoms. The molecule has 0 aliphatic heterocycles. The first-order valence-corrected chi connectivity index (χ1v) is 9.66. The molecule has 1 atom stereocenters. The summed E-state index contributed by atoms with van der Waals surface area (Å²) in [6, 6.07) is 0.720. The molecule has 0 bridgehead atoms. The van der Waals surface area contributed by atoms with Crippen molar-refractivity contribution in [3.63, 3.8) is 0 Å². The van der Waals surface area contributed by atoms with Crippen molar-refractivity contribution in [2.75, 3.05) is 19.6 Å². The van der Waals surface area contributed by atoms with Gasteiger partial charge in [-0.05, 0) is 57.2 Å². The minimum atomic E-state index is 0.449. The molecule has 0 amide bonds. The van der Waals surface area contributed by atoms with Crippen LogP contribution in [0.1, 0.15) is 79.1 Å². The smallest absolute Gasteiger partial charge is 0.0364 e. The molecule has 0 aromatic heterocycles. The molecular formula is C19H38N2. The van der Waals surface area contributed by atoms with Crippen LogP contribution in [0.3, 0.4) is 0 Å². The van der Waals surface area contributed by atoms with Crippen LogP contribution in [0.15, 0.2) is 0 Å². The Hall–Kier alpha value is -0.0800. The van der Waals surface area contributed by atoms with Gasteiger partial charge in [0, 0.05) is 11.6 Å². The van der Waals surface area contributed by atoms with Crippen LogP contribution in [0, 0.1) is 11.8 Å². The monoisotopic (exact) mass is 294 g/mol. The fourth-order valence-electron chi connectivity index (χ4n) is 5.30. The summed E-state index contributed by atoms with van der Waals surface area (Å²) in [5.74, 6) is 1.86. The van der Waals surface area contributed by atoms with Crippen molar-refractivity contribution in [2.45, 2.75) is 90.6 Å². The molecule has 2 aliphatic carbocycles. The maximum Gasteiger partial charge on any atom is 0.0364 e. The summed E-state index contributed by atoms with van der Waals surface area (Å²) in [6.07, 6.45) is 11.5. The highest BCUT2D eigenvalue weighted by molar-refractivity contribution is 5.06. The third-order valence-electron chi connectivity index (χ3n) is 6.40. The fourth-order valence-corrected chi connectivity index (χ4v) is 5.30. The Morgan fingerprint density at radius 3 is 2.05 bits per heavy atom. The average Bonchev–Trinajstić information content (AvgIpc) is 2.98. The standard InChI is InChI=1S/C19H38N2/c1-5-20-18(17-12-10-16(4)11-13-17)19(14-8-9-15-19)21(6-2)7-3/h16-18,20H,5-15H2,1-4H3. The van der Waals surface area contributed by atoms with E-state index in [0.29, 0.717) is 5.54 Å². The molecule has 0 saturated heterocycles. The van der Waals surface area contributed by atoms with E-state index in [0.717, 1.165) is 24.4 Å². The number of nitrogens with one attached hydrogen (secondary N) is 1. The molecule has 2 rings (SSSR count). The largest absolute Gasteiger partial charge is 0.312 e. The Morgan fingerprint density at radius 1 is 1.00 bits per heavy atom. The SMILES string of the molecule is CCNC(C1CCC(C)CC1)C1(N(CC)CC)CCCC1. The Kier molecular flexibility index (Phi) is 6.55. The number of nitrogens with zero attached hydrogens (tertiary/aromatic N) is 1. The van der Waals surface area contributed by atoms with Crippen LogP contribution in [-0.4, -0.2) is 36.1 Å². The highest BCUT2D eigenvalue weighted by Gasteiger charge is 2.47. The van der Waals surface area contributed by atoms with E-state index in [1.54, 1.807) is 0 Å². The van der Waals surface area contributed by atoms with Gasteiger partial charge in [0.15, 0.2) is 0 Å². The van der Waals surface area contributed by atoms with Gasteiger partial charge in [0.05, 0.1) is 0 Å². The Morgan fingerprint density at radius 2 is 1.57 bits per heavy atom. The van der Waals surface area contributed by atoms with E-state index in [1.807, 2.05) is 0 Å². The van der Waals surface area contributed by atoms with Crippen molar-refractivity contribution < 1.29 is 0 Å². The lowest BCUT2D eigenvalue weighted by Gasteiger charge is -2.50. The van der Waals surface area contributed by atoms with Gasteiger partial charge in [-0.2, -0.15) is 0 Å². The molecule has 2 fully saturated rings. The van der Waals surface area contributed by atoms with E-state index in [1.165, 1.54) is 64.5 Å². The van der Waals surface area contributed by atoms with Crippen molar-refractivity contribution in [1.29, 1.82) is 0 Å². The summed E-state index contributed by atoms with van der Waals surface area (Å²) in [5, 5.41) is 3.96. The molecule has 0 aromatic carbocycles. The lowest BCUT2D eigenvalue weighted by atomic mass is 9.71. The van der Waals surface area contributed by atoms with E-state index in [-0.39, 0.29) is 0 Å². The second-order valence-electron chi connectivity index (χ2n) is 7.54. The van der Waals surface area contributed by atoms with Gasteiger partial charge >= 0.3 is 0 Å². The zero-order valence-corrected chi connectivity index (χ0v) is 15.0. The third kappa shape index (κ3) is 3.64. The van der Waals surface area contributed by atoms with Crippen LogP contribution in [0.2, 0.25) is 0 Å². The zero-order chi connectivity index (χ0) is 15.3. The summed E-state index contributed by atoms with van der Waals surface area (Å²) in [7, 11) is 0. The molecule has 124 valence electrons. The van der Waals surface area contributed by atoms with Gasteiger partial charge in [0.1, 0.15) is 0 Å². The van der Waals surface area contributed by atoms with Gasteiger partial charge < -0.3 is 5.32 Å². The molecule has 0 aromatic rings. The second kappa shape index (κ2) is 7.97. The zero-order valence-electron chi connectivity index (χ0n) is 15.0. The van der Waals surface area contributed by atoms with Crippen molar-refractivity contribution >= 4 is 0 Å². The van der Waals surface area contributed by atoms with Gasteiger partial charge in [-0.15, -0.1) is 0 Å². The topological polar surface area (TPSA) is 15.3 Å². The van der Waals surface area contributed by atoms with Crippen molar-refractivity contribution in [2.24, 2.45) is 11.8 Å².